The van der Waals surface area contributed by atoms with E-state index < -0.39 is 0 Å². The first-order chi connectivity index (χ1) is 5.90. The fourth-order valence-electron chi connectivity index (χ4n) is 1.34. The fraction of sp³-hybridized carbons (Fsp3) is 0.400. The monoisotopic (exact) mass is 226 g/mol. The second-order valence-electron chi connectivity index (χ2n) is 3.10. The Bertz CT molecular complexity index is 268. The van der Waals surface area contributed by atoms with Crippen LogP contribution in [0.25, 0.3) is 0 Å². The van der Waals surface area contributed by atoms with Crippen LogP contribution in [0.5, 0.6) is 5.75 Å². The van der Waals surface area contributed by atoms with Gasteiger partial charge in [0.05, 0.1) is 0 Å². The van der Waals surface area contributed by atoms with Crippen LogP contribution in [0.3, 0.4) is 0 Å². The van der Waals surface area contributed by atoms with Crippen LogP contribution in [-0.4, -0.2) is 5.52 Å². The zero-order chi connectivity index (χ0) is 8.39. The first-order valence-electron chi connectivity index (χ1n) is 4.19. The smallest absolute Gasteiger partial charge is 0.143 e. The Balaban J connectivity index is 2.15. The topological polar surface area (TPSA) is 9.23 Å². The predicted octanol–water partition coefficient (Wildman–Crippen LogP) is 3.30. The second kappa shape index (κ2) is 3.48. The number of alkyl halides is 1. The van der Waals surface area contributed by atoms with Gasteiger partial charge in [-0.15, -0.1) is 0 Å². The summed E-state index contributed by atoms with van der Waals surface area (Å²) in [5, 5.41) is 0. The van der Waals surface area contributed by atoms with Gasteiger partial charge in [-0.2, -0.15) is 0 Å². The van der Waals surface area contributed by atoms with E-state index in [9.17, 15) is 0 Å². The molecule has 1 fully saturated rings. The largest absolute Gasteiger partial charge is 0.482 e. The molecular weight excluding hydrogens is 216 g/mol. The molecular formula is C10H11BrO. The van der Waals surface area contributed by atoms with Crippen molar-refractivity contribution in [2.45, 2.75) is 18.8 Å². The van der Waals surface area contributed by atoms with E-state index in [1.807, 2.05) is 6.07 Å². The fourth-order valence-corrected chi connectivity index (χ4v) is 1.60. The van der Waals surface area contributed by atoms with Gasteiger partial charge in [-0.05, 0) is 52.4 Å². The maximum atomic E-state index is 5.34. The SMILES string of the molecule is BrCOc1cccc(C2CC2)c1. The lowest BCUT2D eigenvalue weighted by molar-refractivity contribution is 0.397. The Morgan fingerprint density at radius 1 is 1.42 bits per heavy atom. The molecule has 1 aliphatic rings. The average molecular weight is 227 g/mol. The third-order valence-corrected chi connectivity index (χ3v) is 2.36. The summed E-state index contributed by atoms with van der Waals surface area (Å²) >= 11 is 3.24. The summed E-state index contributed by atoms with van der Waals surface area (Å²) < 4.78 is 5.34. The molecule has 1 nitrogen and oxygen atoms in total. The Labute approximate surface area is 80.9 Å². The van der Waals surface area contributed by atoms with Crippen molar-refractivity contribution in [3.8, 4) is 5.75 Å². The van der Waals surface area contributed by atoms with Crippen molar-refractivity contribution in [3.63, 3.8) is 0 Å². The Morgan fingerprint density at radius 2 is 2.25 bits per heavy atom. The van der Waals surface area contributed by atoms with Gasteiger partial charge in [-0.1, -0.05) is 12.1 Å². The van der Waals surface area contributed by atoms with Crippen molar-refractivity contribution in [3.05, 3.63) is 29.8 Å². The number of hydrogen-bond donors (Lipinski definition) is 0. The minimum atomic E-state index is 0.571. The van der Waals surface area contributed by atoms with Crippen LogP contribution in [0.4, 0.5) is 0 Å². The molecule has 0 unspecified atom stereocenters. The number of rotatable bonds is 3. The van der Waals surface area contributed by atoms with Crippen molar-refractivity contribution in [2.24, 2.45) is 0 Å². The summed E-state index contributed by atoms with van der Waals surface area (Å²) in [6.07, 6.45) is 2.69. The molecule has 0 radical (unpaired) electrons. The predicted molar refractivity (Wildman–Crippen MR) is 52.8 cm³/mol. The number of benzene rings is 1. The molecule has 0 amide bonds. The Morgan fingerprint density at radius 3 is 2.92 bits per heavy atom. The van der Waals surface area contributed by atoms with Gasteiger partial charge in [0, 0.05) is 0 Å². The van der Waals surface area contributed by atoms with Crippen molar-refractivity contribution in [1.82, 2.24) is 0 Å². The molecule has 0 saturated heterocycles. The van der Waals surface area contributed by atoms with Crippen molar-refractivity contribution < 1.29 is 4.74 Å². The lowest BCUT2D eigenvalue weighted by atomic mass is 10.1. The minimum absolute atomic E-state index is 0.571. The molecule has 2 heteroatoms. The van der Waals surface area contributed by atoms with Gasteiger partial charge in [-0.25, -0.2) is 0 Å². The lowest BCUT2D eigenvalue weighted by Gasteiger charge is -2.03. The quantitative estimate of drug-likeness (QED) is 0.720. The maximum absolute atomic E-state index is 5.34. The van der Waals surface area contributed by atoms with Gasteiger partial charge in [-0.3, -0.25) is 0 Å². The van der Waals surface area contributed by atoms with Gasteiger partial charge in [0.1, 0.15) is 11.3 Å². The van der Waals surface area contributed by atoms with E-state index in [4.69, 9.17) is 4.74 Å². The summed E-state index contributed by atoms with van der Waals surface area (Å²) in [6, 6.07) is 8.37. The molecule has 1 aliphatic carbocycles. The molecule has 1 aromatic rings. The third kappa shape index (κ3) is 1.81. The zero-order valence-electron chi connectivity index (χ0n) is 6.79. The standard InChI is InChI=1S/C10H11BrO/c11-7-12-10-3-1-2-9(6-10)8-4-5-8/h1-3,6,8H,4-5,7H2. The second-order valence-corrected chi connectivity index (χ2v) is 3.56. The number of hydrogen-bond acceptors (Lipinski definition) is 1. The molecule has 1 aromatic carbocycles. The van der Waals surface area contributed by atoms with E-state index in [-0.39, 0.29) is 0 Å². The van der Waals surface area contributed by atoms with Gasteiger partial charge in [0.25, 0.3) is 0 Å². The van der Waals surface area contributed by atoms with E-state index >= 15 is 0 Å². The Hall–Kier alpha value is -0.500. The van der Waals surface area contributed by atoms with Crippen LogP contribution in [0, 0.1) is 0 Å². The van der Waals surface area contributed by atoms with E-state index in [0.717, 1.165) is 11.7 Å². The van der Waals surface area contributed by atoms with Crippen LogP contribution in [0.1, 0.15) is 24.3 Å². The van der Waals surface area contributed by atoms with Gasteiger partial charge in [0.15, 0.2) is 0 Å². The van der Waals surface area contributed by atoms with Crippen LogP contribution >= 0.6 is 15.9 Å². The van der Waals surface area contributed by atoms with Crippen molar-refractivity contribution in [2.75, 3.05) is 5.52 Å². The van der Waals surface area contributed by atoms with Crippen LogP contribution in [0.15, 0.2) is 24.3 Å². The van der Waals surface area contributed by atoms with Crippen molar-refractivity contribution >= 4 is 15.9 Å². The first-order valence-corrected chi connectivity index (χ1v) is 5.31. The van der Waals surface area contributed by atoms with Crippen molar-refractivity contribution in [1.29, 1.82) is 0 Å². The zero-order valence-corrected chi connectivity index (χ0v) is 8.38. The minimum Gasteiger partial charge on any atom is -0.482 e. The summed E-state index contributed by atoms with van der Waals surface area (Å²) in [5.74, 6) is 1.78. The average Bonchev–Trinajstić information content (AvgIpc) is 2.88. The Kier molecular flexibility index (Phi) is 2.35. The summed E-state index contributed by atoms with van der Waals surface area (Å²) in [4.78, 5) is 0. The molecule has 0 heterocycles. The molecule has 0 aromatic heterocycles. The molecule has 0 bridgehead atoms. The molecule has 64 valence electrons. The van der Waals surface area contributed by atoms with Gasteiger partial charge in [0.2, 0.25) is 0 Å². The van der Waals surface area contributed by atoms with Crippen LogP contribution < -0.4 is 4.74 Å². The molecule has 0 spiro atoms. The molecule has 12 heavy (non-hydrogen) atoms. The van der Waals surface area contributed by atoms with Crippen LogP contribution in [0.2, 0.25) is 0 Å². The highest BCUT2D eigenvalue weighted by atomic mass is 79.9. The summed E-state index contributed by atoms with van der Waals surface area (Å²) in [5.41, 5.74) is 2.00. The summed E-state index contributed by atoms with van der Waals surface area (Å²) in [6.45, 7) is 0. The maximum Gasteiger partial charge on any atom is 0.143 e. The third-order valence-electron chi connectivity index (χ3n) is 2.13. The van der Waals surface area contributed by atoms with E-state index in [1.165, 1.54) is 18.4 Å². The number of halogens is 1. The first kappa shape index (κ1) is 8.11. The summed E-state index contributed by atoms with van der Waals surface area (Å²) in [7, 11) is 0. The molecule has 2 rings (SSSR count). The highest BCUT2D eigenvalue weighted by Gasteiger charge is 2.23. The van der Waals surface area contributed by atoms with E-state index in [0.29, 0.717) is 5.52 Å². The highest BCUT2D eigenvalue weighted by molar-refractivity contribution is 9.09. The lowest BCUT2D eigenvalue weighted by Crippen LogP contribution is -1.89. The molecule has 0 N–H and O–H groups in total. The normalized spacial score (nSPS) is 16.1. The molecule has 1 saturated carbocycles. The van der Waals surface area contributed by atoms with E-state index in [2.05, 4.69) is 34.1 Å². The number of ether oxygens (including phenoxy) is 1. The van der Waals surface area contributed by atoms with Crippen LogP contribution in [-0.2, 0) is 0 Å². The van der Waals surface area contributed by atoms with Gasteiger partial charge < -0.3 is 4.74 Å². The van der Waals surface area contributed by atoms with E-state index in [1.54, 1.807) is 0 Å². The molecule has 0 aliphatic heterocycles. The van der Waals surface area contributed by atoms with Gasteiger partial charge >= 0.3 is 0 Å². The highest BCUT2D eigenvalue weighted by Crippen LogP contribution is 2.40. The molecule has 0 atom stereocenters.